The van der Waals surface area contributed by atoms with Crippen LogP contribution in [0, 0.1) is 0 Å². The van der Waals surface area contributed by atoms with Crippen molar-refractivity contribution in [2.45, 2.75) is 12.7 Å². The van der Waals surface area contributed by atoms with Gasteiger partial charge in [-0.15, -0.1) is 11.8 Å². The molecule has 8 heteroatoms. The minimum absolute atomic E-state index is 0.0866. The molecule has 1 saturated heterocycles. The molecule has 1 aliphatic rings. The summed E-state index contributed by atoms with van der Waals surface area (Å²) < 4.78 is 4.97. The number of carbonyl (C=O) groups is 2. The number of amides is 2. The highest BCUT2D eigenvalue weighted by Crippen LogP contribution is 2.24. The van der Waals surface area contributed by atoms with Gasteiger partial charge in [-0.05, 0) is 24.6 Å². The third-order valence-electron chi connectivity index (χ3n) is 3.64. The molecule has 0 atom stereocenters. The number of rotatable bonds is 5. The number of ether oxygens (including phenoxy) is 1. The third-order valence-corrected chi connectivity index (χ3v) is 5.36. The van der Waals surface area contributed by atoms with E-state index in [1.807, 2.05) is 12.1 Å². The van der Waals surface area contributed by atoms with Crippen molar-refractivity contribution in [1.29, 1.82) is 0 Å². The summed E-state index contributed by atoms with van der Waals surface area (Å²) in [4.78, 5) is 27.3. The molecule has 0 aromatic heterocycles. The fraction of sp³-hybridized carbons (Fsp3) is 0.500. The number of piperazine rings is 1. The lowest BCUT2D eigenvalue weighted by atomic mass is 10.2. The van der Waals surface area contributed by atoms with E-state index >= 15 is 0 Å². The van der Waals surface area contributed by atoms with Crippen molar-refractivity contribution in [1.82, 2.24) is 9.80 Å². The molecule has 0 aliphatic carbocycles. The van der Waals surface area contributed by atoms with Crippen LogP contribution in [-0.2, 0) is 15.3 Å². The molecular formula is C16H20Cl2N2O3S. The van der Waals surface area contributed by atoms with Gasteiger partial charge in [-0.25, -0.2) is 4.79 Å². The van der Waals surface area contributed by atoms with Crippen LogP contribution in [0.2, 0.25) is 10.0 Å². The first kappa shape index (κ1) is 19.2. The fourth-order valence-electron chi connectivity index (χ4n) is 2.33. The van der Waals surface area contributed by atoms with Gasteiger partial charge < -0.3 is 14.5 Å². The van der Waals surface area contributed by atoms with Crippen LogP contribution in [0.4, 0.5) is 4.79 Å². The van der Waals surface area contributed by atoms with Crippen molar-refractivity contribution in [2.75, 3.05) is 38.5 Å². The molecule has 2 amide bonds. The molecule has 0 radical (unpaired) electrons. The number of carbonyl (C=O) groups excluding carboxylic acids is 2. The third kappa shape index (κ3) is 5.46. The average molecular weight is 391 g/mol. The van der Waals surface area contributed by atoms with E-state index < -0.39 is 0 Å². The van der Waals surface area contributed by atoms with Gasteiger partial charge in [-0.3, -0.25) is 4.79 Å². The van der Waals surface area contributed by atoms with E-state index in [-0.39, 0.29) is 12.0 Å². The van der Waals surface area contributed by atoms with Gasteiger partial charge in [0.25, 0.3) is 0 Å². The number of nitrogens with zero attached hydrogens (tertiary/aromatic N) is 2. The predicted octanol–water partition coefficient (Wildman–Crippen LogP) is 3.53. The average Bonchev–Trinajstić information content (AvgIpc) is 2.58. The van der Waals surface area contributed by atoms with Crippen molar-refractivity contribution < 1.29 is 14.3 Å². The van der Waals surface area contributed by atoms with E-state index in [1.165, 1.54) is 11.8 Å². The van der Waals surface area contributed by atoms with Gasteiger partial charge in [0.05, 0.1) is 22.4 Å². The van der Waals surface area contributed by atoms with Crippen LogP contribution in [0.3, 0.4) is 0 Å². The largest absolute Gasteiger partial charge is 0.450 e. The van der Waals surface area contributed by atoms with Gasteiger partial charge in [-0.1, -0.05) is 29.3 Å². The number of halogens is 2. The maximum Gasteiger partial charge on any atom is 0.409 e. The van der Waals surface area contributed by atoms with E-state index in [4.69, 9.17) is 27.9 Å². The molecule has 1 aromatic carbocycles. The number of hydrogen-bond acceptors (Lipinski definition) is 4. The second kappa shape index (κ2) is 9.39. The molecule has 1 aromatic rings. The molecule has 1 aliphatic heterocycles. The van der Waals surface area contributed by atoms with Crippen LogP contribution < -0.4 is 0 Å². The zero-order chi connectivity index (χ0) is 17.5. The Morgan fingerprint density at radius 2 is 1.79 bits per heavy atom. The van der Waals surface area contributed by atoms with Gasteiger partial charge >= 0.3 is 6.09 Å². The van der Waals surface area contributed by atoms with Gasteiger partial charge in [0, 0.05) is 31.9 Å². The quantitative estimate of drug-likeness (QED) is 0.771. The first-order valence-electron chi connectivity index (χ1n) is 7.72. The summed E-state index contributed by atoms with van der Waals surface area (Å²) in [5, 5.41) is 1.05. The second-order valence-electron chi connectivity index (χ2n) is 5.31. The minimum Gasteiger partial charge on any atom is -0.450 e. The van der Waals surface area contributed by atoms with Gasteiger partial charge in [0.2, 0.25) is 5.91 Å². The number of thioether (sulfide) groups is 1. The zero-order valence-corrected chi connectivity index (χ0v) is 15.8. The highest BCUT2D eigenvalue weighted by molar-refractivity contribution is 7.99. The minimum atomic E-state index is -0.307. The molecule has 0 N–H and O–H groups in total. The number of benzene rings is 1. The summed E-state index contributed by atoms with van der Waals surface area (Å²) in [6.07, 6.45) is -0.307. The lowest BCUT2D eigenvalue weighted by Gasteiger charge is -2.34. The standard InChI is InChI=1S/C16H20Cl2N2O3S/c1-2-23-16(22)20-7-5-19(6-8-20)15(21)11-24-10-12-3-4-13(17)14(18)9-12/h3-4,9H,2,5-8,10-11H2,1H3. The fourth-order valence-corrected chi connectivity index (χ4v) is 3.53. The lowest BCUT2D eigenvalue weighted by molar-refractivity contribution is -0.129. The van der Waals surface area contributed by atoms with Crippen LogP contribution in [0.1, 0.15) is 12.5 Å². The summed E-state index contributed by atoms with van der Waals surface area (Å²) in [5.74, 6) is 1.19. The van der Waals surface area contributed by atoms with E-state index in [2.05, 4.69) is 0 Å². The normalized spacial score (nSPS) is 14.6. The molecule has 0 unspecified atom stereocenters. The predicted molar refractivity (Wildman–Crippen MR) is 97.8 cm³/mol. The molecule has 24 heavy (non-hydrogen) atoms. The van der Waals surface area contributed by atoms with Crippen molar-refractivity contribution in [3.63, 3.8) is 0 Å². The molecule has 2 rings (SSSR count). The Kier molecular flexibility index (Phi) is 7.52. The van der Waals surface area contributed by atoms with Crippen molar-refractivity contribution in [3.8, 4) is 0 Å². The Balaban J connectivity index is 1.72. The van der Waals surface area contributed by atoms with E-state index in [1.54, 1.807) is 22.8 Å². The molecule has 0 spiro atoms. The maximum absolute atomic E-state index is 12.2. The van der Waals surface area contributed by atoms with Gasteiger partial charge in [0.15, 0.2) is 0 Å². The van der Waals surface area contributed by atoms with Crippen LogP contribution in [0.15, 0.2) is 18.2 Å². The monoisotopic (exact) mass is 390 g/mol. The van der Waals surface area contributed by atoms with Crippen molar-refractivity contribution in [2.24, 2.45) is 0 Å². The summed E-state index contributed by atoms with van der Waals surface area (Å²) >= 11 is 13.4. The second-order valence-corrected chi connectivity index (χ2v) is 7.11. The zero-order valence-electron chi connectivity index (χ0n) is 13.5. The Hall–Kier alpha value is -1.11. The topological polar surface area (TPSA) is 49.9 Å². The maximum atomic E-state index is 12.2. The van der Waals surface area contributed by atoms with Crippen molar-refractivity contribution >= 4 is 47.0 Å². The lowest BCUT2D eigenvalue weighted by Crippen LogP contribution is -2.51. The Labute approximate surface area is 156 Å². The van der Waals surface area contributed by atoms with Crippen LogP contribution in [0.25, 0.3) is 0 Å². The van der Waals surface area contributed by atoms with E-state index in [9.17, 15) is 9.59 Å². The molecule has 0 saturated carbocycles. The smallest absolute Gasteiger partial charge is 0.409 e. The highest BCUT2D eigenvalue weighted by atomic mass is 35.5. The van der Waals surface area contributed by atoms with Crippen LogP contribution in [0.5, 0.6) is 0 Å². The van der Waals surface area contributed by atoms with Crippen LogP contribution in [-0.4, -0.2) is 60.3 Å². The van der Waals surface area contributed by atoms with E-state index in [0.29, 0.717) is 54.3 Å². The molecule has 0 bridgehead atoms. The molecular weight excluding hydrogens is 371 g/mol. The first-order chi connectivity index (χ1) is 11.5. The Morgan fingerprint density at radius 3 is 2.42 bits per heavy atom. The molecule has 1 heterocycles. The summed E-state index contributed by atoms with van der Waals surface area (Å²) in [6, 6.07) is 5.49. The van der Waals surface area contributed by atoms with Gasteiger partial charge in [0.1, 0.15) is 0 Å². The Morgan fingerprint density at radius 1 is 1.12 bits per heavy atom. The molecule has 5 nitrogen and oxygen atoms in total. The highest BCUT2D eigenvalue weighted by Gasteiger charge is 2.24. The number of hydrogen-bond donors (Lipinski definition) is 0. The molecule has 1 fully saturated rings. The molecule has 132 valence electrons. The SMILES string of the molecule is CCOC(=O)N1CCN(C(=O)CSCc2ccc(Cl)c(Cl)c2)CC1. The Bertz CT molecular complexity index is 593. The van der Waals surface area contributed by atoms with Gasteiger partial charge in [-0.2, -0.15) is 0 Å². The summed E-state index contributed by atoms with van der Waals surface area (Å²) in [7, 11) is 0. The van der Waals surface area contributed by atoms with Crippen LogP contribution >= 0.6 is 35.0 Å². The van der Waals surface area contributed by atoms with Crippen molar-refractivity contribution in [3.05, 3.63) is 33.8 Å². The summed E-state index contributed by atoms with van der Waals surface area (Å²) in [6.45, 7) is 4.27. The summed E-state index contributed by atoms with van der Waals surface area (Å²) in [5.41, 5.74) is 1.04. The first-order valence-corrected chi connectivity index (χ1v) is 9.63. The van der Waals surface area contributed by atoms with E-state index in [0.717, 1.165) is 5.56 Å².